The minimum absolute atomic E-state index is 0.146. The van der Waals surface area contributed by atoms with E-state index in [2.05, 4.69) is 17.6 Å². The largest absolute Gasteiger partial charge is 0.265 e. The third-order valence-corrected chi connectivity index (χ3v) is 2.98. The van der Waals surface area contributed by atoms with Crippen molar-refractivity contribution in [1.82, 2.24) is 0 Å². The molecule has 2 aromatic rings. The van der Waals surface area contributed by atoms with Crippen molar-refractivity contribution in [2.75, 3.05) is 0 Å². The zero-order valence-electron chi connectivity index (χ0n) is 11.2. The molecule has 0 atom stereocenters. The lowest BCUT2D eigenvalue weighted by Crippen LogP contribution is -2.02. The van der Waals surface area contributed by atoms with E-state index in [0.717, 1.165) is 11.1 Å². The molecule has 0 unspecified atom stereocenters. The maximum atomic E-state index is 9.17. The van der Waals surface area contributed by atoms with E-state index in [1.54, 1.807) is 6.08 Å². The minimum Gasteiger partial charge on any atom is -0.265 e. The molecule has 0 amide bonds. The summed E-state index contributed by atoms with van der Waals surface area (Å²) in [6, 6.07) is 22.0. The highest BCUT2D eigenvalue weighted by molar-refractivity contribution is 5.99. The van der Waals surface area contributed by atoms with Gasteiger partial charge >= 0.3 is 0 Å². The molecule has 0 heterocycles. The molecule has 2 aromatic carbocycles. The molecular weight excluding hydrogens is 244 g/mol. The third kappa shape index (κ3) is 3.43. The van der Waals surface area contributed by atoms with Crippen LogP contribution in [0.1, 0.15) is 23.6 Å². The molecule has 2 rings (SSSR count). The van der Waals surface area contributed by atoms with Crippen LogP contribution in [0.4, 0.5) is 0 Å². The van der Waals surface area contributed by atoms with Crippen LogP contribution >= 0.6 is 0 Å². The number of hydrogen-bond donors (Lipinski definition) is 0. The molecule has 0 aliphatic heterocycles. The smallest absolute Gasteiger partial charge is 0.117 e. The predicted octanol–water partition coefficient (Wildman–Crippen LogP) is 4.32. The topological polar surface area (TPSA) is 36.1 Å². The zero-order chi connectivity index (χ0) is 14.2. The van der Waals surface area contributed by atoms with E-state index in [1.807, 2.05) is 60.7 Å². The SMILES string of the molecule is C=CCC(C#N)=NC(c1ccccc1)c1ccccc1. The lowest BCUT2D eigenvalue weighted by Gasteiger charge is -2.14. The Morgan fingerprint density at radius 1 is 1.05 bits per heavy atom. The third-order valence-electron chi connectivity index (χ3n) is 2.98. The number of allylic oxidation sites excluding steroid dienone is 1. The molecule has 0 saturated heterocycles. The number of nitriles is 1. The summed E-state index contributed by atoms with van der Waals surface area (Å²) in [5.74, 6) is 0. The van der Waals surface area contributed by atoms with Gasteiger partial charge in [-0.15, -0.1) is 6.58 Å². The quantitative estimate of drug-likeness (QED) is 0.582. The fourth-order valence-electron chi connectivity index (χ4n) is 2.03. The van der Waals surface area contributed by atoms with Crippen LogP contribution in [0.15, 0.2) is 78.3 Å². The van der Waals surface area contributed by atoms with Crippen LogP contribution < -0.4 is 0 Å². The molecular formula is C18H16N2. The normalized spacial score (nSPS) is 11.1. The molecule has 0 radical (unpaired) electrons. The van der Waals surface area contributed by atoms with Crippen molar-refractivity contribution in [3.63, 3.8) is 0 Å². The number of nitrogens with zero attached hydrogens (tertiary/aromatic N) is 2. The van der Waals surface area contributed by atoms with Gasteiger partial charge in [0.1, 0.15) is 17.8 Å². The fraction of sp³-hybridized carbons (Fsp3) is 0.111. The van der Waals surface area contributed by atoms with E-state index < -0.39 is 0 Å². The first-order chi connectivity index (χ1) is 9.85. The highest BCUT2D eigenvalue weighted by Gasteiger charge is 2.13. The van der Waals surface area contributed by atoms with Crippen LogP contribution in [0.2, 0.25) is 0 Å². The van der Waals surface area contributed by atoms with Gasteiger partial charge in [-0.2, -0.15) is 5.26 Å². The monoisotopic (exact) mass is 260 g/mol. The number of benzene rings is 2. The van der Waals surface area contributed by atoms with Crippen LogP contribution in [-0.2, 0) is 0 Å². The summed E-state index contributed by atoms with van der Waals surface area (Å²) in [4.78, 5) is 4.61. The molecule has 0 aromatic heterocycles. The Labute approximate surface area is 119 Å². The average Bonchev–Trinajstić information content (AvgIpc) is 2.53. The van der Waals surface area contributed by atoms with E-state index in [0.29, 0.717) is 12.1 Å². The Kier molecular flexibility index (Phi) is 4.86. The van der Waals surface area contributed by atoms with E-state index in [1.165, 1.54) is 0 Å². The summed E-state index contributed by atoms with van der Waals surface area (Å²) >= 11 is 0. The van der Waals surface area contributed by atoms with Crippen LogP contribution in [0, 0.1) is 11.3 Å². The predicted molar refractivity (Wildman–Crippen MR) is 82.6 cm³/mol. The van der Waals surface area contributed by atoms with E-state index in [4.69, 9.17) is 0 Å². The molecule has 2 heteroatoms. The Bertz CT molecular complexity index is 582. The zero-order valence-corrected chi connectivity index (χ0v) is 11.2. The summed E-state index contributed by atoms with van der Waals surface area (Å²) in [7, 11) is 0. The van der Waals surface area contributed by atoms with Gasteiger partial charge in [-0.05, 0) is 11.1 Å². The second kappa shape index (κ2) is 7.06. The molecule has 98 valence electrons. The maximum absolute atomic E-state index is 9.17. The van der Waals surface area contributed by atoms with Crippen LogP contribution in [0.3, 0.4) is 0 Å². The van der Waals surface area contributed by atoms with E-state index >= 15 is 0 Å². The Balaban J connectivity index is 2.46. The van der Waals surface area contributed by atoms with Crippen molar-refractivity contribution < 1.29 is 0 Å². The molecule has 2 nitrogen and oxygen atoms in total. The number of aliphatic imine (C=N–C) groups is 1. The molecule has 0 spiro atoms. The molecule has 0 aliphatic carbocycles. The second-order valence-electron chi connectivity index (χ2n) is 4.40. The second-order valence-corrected chi connectivity index (χ2v) is 4.40. The molecule has 0 N–H and O–H groups in total. The van der Waals surface area contributed by atoms with Gasteiger partial charge in [-0.3, -0.25) is 4.99 Å². The molecule has 0 saturated carbocycles. The Morgan fingerprint density at radius 2 is 1.55 bits per heavy atom. The van der Waals surface area contributed by atoms with E-state index in [9.17, 15) is 5.26 Å². The van der Waals surface area contributed by atoms with Gasteiger partial charge < -0.3 is 0 Å². The van der Waals surface area contributed by atoms with Crippen molar-refractivity contribution in [2.45, 2.75) is 12.5 Å². The number of hydrogen-bond acceptors (Lipinski definition) is 2. The average molecular weight is 260 g/mol. The maximum Gasteiger partial charge on any atom is 0.117 e. The molecule has 0 aliphatic rings. The van der Waals surface area contributed by atoms with Gasteiger partial charge in [0, 0.05) is 6.42 Å². The van der Waals surface area contributed by atoms with Crippen LogP contribution in [0.25, 0.3) is 0 Å². The van der Waals surface area contributed by atoms with Crippen molar-refractivity contribution in [2.24, 2.45) is 4.99 Å². The highest BCUT2D eigenvalue weighted by Crippen LogP contribution is 2.26. The van der Waals surface area contributed by atoms with Gasteiger partial charge in [0.15, 0.2) is 0 Å². The van der Waals surface area contributed by atoms with Crippen molar-refractivity contribution >= 4 is 5.71 Å². The van der Waals surface area contributed by atoms with Gasteiger partial charge in [-0.25, -0.2) is 0 Å². The Hall–Kier alpha value is -2.66. The van der Waals surface area contributed by atoms with Crippen molar-refractivity contribution in [3.8, 4) is 6.07 Å². The van der Waals surface area contributed by atoms with Gasteiger partial charge in [0.05, 0.1) is 0 Å². The van der Waals surface area contributed by atoms with Gasteiger partial charge in [0.25, 0.3) is 0 Å². The first-order valence-electron chi connectivity index (χ1n) is 6.52. The molecule has 0 bridgehead atoms. The van der Waals surface area contributed by atoms with Gasteiger partial charge in [-0.1, -0.05) is 66.7 Å². The summed E-state index contributed by atoms with van der Waals surface area (Å²) in [6.45, 7) is 3.67. The summed E-state index contributed by atoms with van der Waals surface area (Å²) in [5, 5.41) is 9.17. The fourth-order valence-corrected chi connectivity index (χ4v) is 2.03. The molecule has 0 fully saturated rings. The summed E-state index contributed by atoms with van der Waals surface area (Å²) in [5.41, 5.74) is 2.66. The summed E-state index contributed by atoms with van der Waals surface area (Å²) < 4.78 is 0. The van der Waals surface area contributed by atoms with Crippen LogP contribution in [0.5, 0.6) is 0 Å². The Morgan fingerprint density at radius 3 is 1.95 bits per heavy atom. The number of rotatable bonds is 5. The highest BCUT2D eigenvalue weighted by atomic mass is 14.8. The lowest BCUT2D eigenvalue weighted by atomic mass is 9.99. The lowest BCUT2D eigenvalue weighted by molar-refractivity contribution is 0.871. The van der Waals surface area contributed by atoms with E-state index in [-0.39, 0.29) is 6.04 Å². The molecule has 20 heavy (non-hydrogen) atoms. The van der Waals surface area contributed by atoms with Crippen molar-refractivity contribution in [1.29, 1.82) is 5.26 Å². The summed E-state index contributed by atoms with van der Waals surface area (Å²) in [6.07, 6.45) is 2.20. The van der Waals surface area contributed by atoms with Crippen LogP contribution in [-0.4, -0.2) is 5.71 Å². The first kappa shape index (κ1) is 13.8. The first-order valence-corrected chi connectivity index (χ1v) is 6.52. The van der Waals surface area contributed by atoms with Crippen molar-refractivity contribution in [3.05, 3.63) is 84.4 Å². The standard InChI is InChI=1S/C18H16N2/c1-2-9-17(14-19)20-18(15-10-5-3-6-11-15)16-12-7-4-8-13-16/h2-8,10-13,18H,1,9H2. The van der Waals surface area contributed by atoms with Gasteiger partial charge in [0.2, 0.25) is 0 Å². The minimum atomic E-state index is -0.146.